The maximum absolute atomic E-state index is 12.2. The van der Waals surface area contributed by atoms with Crippen LogP contribution < -0.4 is 10.6 Å². The average Bonchev–Trinajstić information content (AvgIpc) is 3.18. The Labute approximate surface area is 167 Å². The van der Waals surface area contributed by atoms with E-state index in [2.05, 4.69) is 20.8 Å². The minimum atomic E-state index is -0.366. The van der Waals surface area contributed by atoms with Crippen LogP contribution in [0.5, 0.6) is 0 Å². The SMILES string of the molecule is CCc1nc(-c2ccc(C(=O)NCC(=O)Nc3ccc(C)cc3Cl)cc2)no1. The van der Waals surface area contributed by atoms with Crippen LogP contribution in [0.1, 0.15) is 28.7 Å². The van der Waals surface area contributed by atoms with E-state index in [1.807, 2.05) is 19.9 Å². The van der Waals surface area contributed by atoms with E-state index in [0.717, 1.165) is 11.1 Å². The maximum Gasteiger partial charge on any atom is 0.251 e. The summed E-state index contributed by atoms with van der Waals surface area (Å²) in [5, 5.41) is 9.59. The molecule has 2 amide bonds. The molecule has 28 heavy (non-hydrogen) atoms. The van der Waals surface area contributed by atoms with Gasteiger partial charge in [0.1, 0.15) is 0 Å². The molecule has 2 aromatic carbocycles. The quantitative estimate of drug-likeness (QED) is 0.660. The molecular formula is C20H19ClN4O3. The number of aryl methyl sites for hydroxylation is 2. The molecule has 0 unspecified atom stereocenters. The van der Waals surface area contributed by atoms with Crippen molar-refractivity contribution in [3.05, 3.63) is 64.5 Å². The fourth-order valence-corrected chi connectivity index (χ4v) is 2.75. The number of benzene rings is 2. The van der Waals surface area contributed by atoms with Crippen molar-refractivity contribution >= 4 is 29.1 Å². The summed E-state index contributed by atoms with van der Waals surface area (Å²) < 4.78 is 5.08. The maximum atomic E-state index is 12.2. The van der Waals surface area contributed by atoms with Crippen molar-refractivity contribution in [2.24, 2.45) is 0 Å². The van der Waals surface area contributed by atoms with Crippen LogP contribution in [-0.2, 0) is 11.2 Å². The van der Waals surface area contributed by atoms with Crippen LogP contribution in [0.2, 0.25) is 5.02 Å². The molecule has 0 aliphatic heterocycles. The van der Waals surface area contributed by atoms with E-state index < -0.39 is 0 Å². The van der Waals surface area contributed by atoms with Crippen molar-refractivity contribution in [3.8, 4) is 11.4 Å². The molecule has 0 saturated heterocycles. The fourth-order valence-electron chi connectivity index (χ4n) is 2.46. The highest BCUT2D eigenvalue weighted by Crippen LogP contribution is 2.22. The van der Waals surface area contributed by atoms with Crippen molar-refractivity contribution in [1.29, 1.82) is 0 Å². The number of anilines is 1. The van der Waals surface area contributed by atoms with Gasteiger partial charge in [0.25, 0.3) is 5.91 Å². The molecule has 8 heteroatoms. The number of nitrogens with one attached hydrogen (secondary N) is 2. The van der Waals surface area contributed by atoms with Gasteiger partial charge in [-0.1, -0.05) is 41.9 Å². The first-order valence-electron chi connectivity index (χ1n) is 8.73. The first kappa shape index (κ1) is 19.6. The third kappa shape index (κ3) is 4.75. The summed E-state index contributed by atoms with van der Waals surface area (Å²) in [6.45, 7) is 3.66. The van der Waals surface area contributed by atoms with E-state index in [0.29, 0.717) is 34.4 Å². The minimum Gasteiger partial charge on any atom is -0.343 e. The lowest BCUT2D eigenvalue weighted by atomic mass is 10.1. The number of carbonyl (C=O) groups excluding carboxylic acids is 2. The third-order valence-corrected chi connectivity index (χ3v) is 4.30. The number of nitrogens with zero attached hydrogens (tertiary/aromatic N) is 2. The predicted octanol–water partition coefficient (Wildman–Crippen LogP) is 3.63. The van der Waals surface area contributed by atoms with Crippen molar-refractivity contribution in [3.63, 3.8) is 0 Å². The Balaban J connectivity index is 1.56. The highest BCUT2D eigenvalue weighted by Gasteiger charge is 2.12. The number of hydrogen-bond donors (Lipinski definition) is 2. The number of amides is 2. The van der Waals surface area contributed by atoms with Gasteiger partial charge in [-0.15, -0.1) is 0 Å². The van der Waals surface area contributed by atoms with Gasteiger partial charge in [-0.25, -0.2) is 0 Å². The lowest BCUT2D eigenvalue weighted by Gasteiger charge is -2.09. The average molecular weight is 399 g/mol. The topological polar surface area (TPSA) is 97.1 Å². The molecule has 0 aliphatic rings. The zero-order valence-electron chi connectivity index (χ0n) is 15.5. The van der Waals surface area contributed by atoms with Crippen molar-refractivity contribution < 1.29 is 14.1 Å². The summed E-state index contributed by atoms with van der Waals surface area (Å²) in [4.78, 5) is 28.5. The lowest BCUT2D eigenvalue weighted by Crippen LogP contribution is -2.32. The van der Waals surface area contributed by atoms with Gasteiger partial charge >= 0.3 is 0 Å². The molecule has 0 spiro atoms. The summed E-state index contributed by atoms with van der Waals surface area (Å²) in [6.07, 6.45) is 0.656. The standard InChI is InChI=1S/C20H19ClN4O3/c1-3-18-24-19(25-28-18)13-5-7-14(8-6-13)20(27)22-11-17(26)23-16-9-4-12(2)10-15(16)21/h4-10H,3,11H2,1-2H3,(H,22,27)(H,23,26). The second-order valence-electron chi connectivity index (χ2n) is 6.16. The number of carbonyl (C=O) groups is 2. The molecule has 0 saturated carbocycles. The molecule has 0 fully saturated rings. The smallest absolute Gasteiger partial charge is 0.251 e. The normalized spacial score (nSPS) is 10.5. The molecule has 0 aliphatic carbocycles. The molecule has 3 rings (SSSR count). The first-order valence-corrected chi connectivity index (χ1v) is 9.11. The Morgan fingerprint density at radius 1 is 1.14 bits per heavy atom. The number of hydrogen-bond acceptors (Lipinski definition) is 5. The zero-order chi connectivity index (χ0) is 20.1. The summed E-state index contributed by atoms with van der Waals surface area (Å²) in [6, 6.07) is 12.1. The van der Waals surface area contributed by atoms with Gasteiger partial charge < -0.3 is 15.2 Å². The number of rotatable bonds is 6. The molecule has 1 aromatic heterocycles. The van der Waals surface area contributed by atoms with Crippen LogP contribution >= 0.6 is 11.6 Å². The first-order chi connectivity index (χ1) is 13.5. The summed E-state index contributed by atoms with van der Waals surface area (Å²) in [7, 11) is 0. The minimum absolute atomic E-state index is 0.171. The predicted molar refractivity (Wildman–Crippen MR) is 106 cm³/mol. The Kier molecular flexibility index (Phi) is 6.06. The fraction of sp³-hybridized carbons (Fsp3) is 0.200. The van der Waals surface area contributed by atoms with Gasteiger partial charge in [0.2, 0.25) is 17.6 Å². The van der Waals surface area contributed by atoms with Crippen LogP contribution in [0.3, 0.4) is 0 Å². The number of halogens is 1. The largest absolute Gasteiger partial charge is 0.343 e. The van der Waals surface area contributed by atoms with E-state index in [4.69, 9.17) is 16.1 Å². The summed E-state index contributed by atoms with van der Waals surface area (Å²) in [5.74, 6) is 0.295. The second-order valence-corrected chi connectivity index (χ2v) is 6.56. The van der Waals surface area contributed by atoms with Gasteiger partial charge in [0, 0.05) is 17.5 Å². The van der Waals surface area contributed by atoms with E-state index in [9.17, 15) is 9.59 Å². The molecule has 0 bridgehead atoms. The molecule has 2 N–H and O–H groups in total. The molecule has 7 nitrogen and oxygen atoms in total. The molecule has 3 aromatic rings. The third-order valence-electron chi connectivity index (χ3n) is 3.98. The van der Waals surface area contributed by atoms with Gasteiger partial charge in [0.05, 0.1) is 17.3 Å². The Bertz CT molecular complexity index is 999. The van der Waals surface area contributed by atoms with E-state index in [1.165, 1.54) is 0 Å². The Hall–Kier alpha value is -3.19. The highest BCUT2D eigenvalue weighted by molar-refractivity contribution is 6.33. The molecule has 0 atom stereocenters. The van der Waals surface area contributed by atoms with Gasteiger partial charge in [-0.3, -0.25) is 9.59 Å². The van der Waals surface area contributed by atoms with Crippen LogP contribution in [0.25, 0.3) is 11.4 Å². The van der Waals surface area contributed by atoms with Crippen LogP contribution in [0.15, 0.2) is 47.0 Å². The van der Waals surface area contributed by atoms with E-state index in [1.54, 1.807) is 36.4 Å². The molecular weight excluding hydrogens is 380 g/mol. The van der Waals surface area contributed by atoms with Crippen LogP contribution in [0.4, 0.5) is 5.69 Å². The molecule has 144 valence electrons. The lowest BCUT2D eigenvalue weighted by molar-refractivity contribution is -0.115. The zero-order valence-corrected chi connectivity index (χ0v) is 16.2. The summed E-state index contributed by atoms with van der Waals surface area (Å²) >= 11 is 6.09. The highest BCUT2D eigenvalue weighted by atomic mass is 35.5. The van der Waals surface area contributed by atoms with Gasteiger partial charge in [-0.05, 0) is 36.8 Å². The Morgan fingerprint density at radius 2 is 1.89 bits per heavy atom. The van der Waals surface area contributed by atoms with Crippen molar-refractivity contribution in [2.45, 2.75) is 20.3 Å². The van der Waals surface area contributed by atoms with E-state index in [-0.39, 0.29) is 18.4 Å². The number of aromatic nitrogens is 2. The molecule has 0 radical (unpaired) electrons. The van der Waals surface area contributed by atoms with Crippen LogP contribution in [-0.4, -0.2) is 28.5 Å². The summed E-state index contributed by atoms with van der Waals surface area (Å²) in [5.41, 5.74) is 2.66. The molecule has 1 heterocycles. The van der Waals surface area contributed by atoms with Crippen LogP contribution in [0, 0.1) is 6.92 Å². The van der Waals surface area contributed by atoms with Crippen molar-refractivity contribution in [2.75, 3.05) is 11.9 Å². The Morgan fingerprint density at radius 3 is 2.54 bits per heavy atom. The van der Waals surface area contributed by atoms with Gasteiger partial charge in [-0.2, -0.15) is 4.98 Å². The van der Waals surface area contributed by atoms with Gasteiger partial charge in [0.15, 0.2) is 0 Å². The second kappa shape index (κ2) is 8.67. The monoisotopic (exact) mass is 398 g/mol. The van der Waals surface area contributed by atoms with E-state index >= 15 is 0 Å². The van der Waals surface area contributed by atoms with Crippen molar-refractivity contribution in [1.82, 2.24) is 15.5 Å².